The van der Waals surface area contributed by atoms with Crippen molar-refractivity contribution in [3.63, 3.8) is 0 Å². The molecule has 1 unspecified atom stereocenters. The zero-order valence-corrected chi connectivity index (χ0v) is 11.7. The van der Waals surface area contributed by atoms with E-state index in [0.29, 0.717) is 12.8 Å². The number of fused-ring (bicyclic) bond motifs is 1. The Morgan fingerprint density at radius 1 is 1.15 bits per heavy atom. The molecule has 0 saturated carbocycles. The smallest absolute Gasteiger partial charge is 0.123 e. The van der Waals surface area contributed by atoms with Gasteiger partial charge < -0.3 is 5.11 Å². The average molecular weight is 270 g/mol. The molecule has 0 spiro atoms. The van der Waals surface area contributed by atoms with Crippen LogP contribution in [0, 0.1) is 12.7 Å². The fourth-order valence-electron chi connectivity index (χ4n) is 3.12. The van der Waals surface area contributed by atoms with Gasteiger partial charge in [0, 0.05) is 12.8 Å². The monoisotopic (exact) mass is 270 g/mol. The minimum atomic E-state index is -0.757. The molecule has 1 aliphatic rings. The van der Waals surface area contributed by atoms with Crippen LogP contribution < -0.4 is 0 Å². The Balaban J connectivity index is 1.86. The second kappa shape index (κ2) is 5.02. The fourth-order valence-corrected chi connectivity index (χ4v) is 3.12. The van der Waals surface area contributed by atoms with Crippen molar-refractivity contribution in [3.8, 4) is 0 Å². The highest BCUT2D eigenvalue weighted by molar-refractivity contribution is 5.34. The number of hydrogen-bond donors (Lipinski definition) is 1. The van der Waals surface area contributed by atoms with Crippen LogP contribution in [0.1, 0.15) is 28.7 Å². The lowest BCUT2D eigenvalue weighted by atomic mass is 9.77. The zero-order chi connectivity index (χ0) is 14.2. The molecule has 2 aromatic rings. The molecule has 1 N–H and O–H groups in total. The molecular weight excluding hydrogens is 251 g/mol. The predicted octanol–water partition coefficient (Wildman–Crippen LogP) is 3.60. The third kappa shape index (κ3) is 2.61. The molecule has 0 bridgehead atoms. The molecule has 0 saturated heterocycles. The molecule has 0 radical (unpaired) electrons. The van der Waals surface area contributed by atoms with Gasteiger partial charge in [0.25, 0.3) is 0 Å². The first-order chi connectivity index (χ1) is 9.56. The van der Waals surface area contributed by atoms with Crippen LogP contribution in [-0.2, 0) is 19.3 Å². The summed E-state index contributed by atoms with van der Waals surface area (Å²) in [6, 6.07) is 13.1. The van der Waals surface area contributed by atoms with E-state index < -0.39 is 5.60 Å². The molecule has 1 atom stereocenters. The molecule has 1 nitrogen and oxygen atoms in total. The Bertz CT molecular complexity index is 635. The van der Waals surface area contributed by atoms with E-state index in [1.807, 2.05) is 19.1 Å². The maximum Gasteiger partial charge on any atom is 0.123 e. The Labute approximate surface area is 119 Å². The van der Waals surface area contributed by atoms with Gasteiger partial charge in [0.15, 0.2) is 0 Å². The second-order valence-corrected chi connectivity index (χ2v) is 5.92. The topological polar surface area (TPSA) is 20.2 Å². The van der Waals surface area contributed by atoms with E-state index in [0.717, 1.165) is 24.0 Å². The Morgan fingerprint density at radius 2 is 1.90 bits per heavy atom. The molecule has 20 heavy (non-hydrogen) atoms. The summed E-state index contributed by atoms with van der Waals surface area (Å²) in [6.07, 6.45) is 2.80. The molecular formula is C18H19FO. The van der Waals surface area contributed by atoms with E-state index in [1.165, 1.54) is 17.2 Å². The van der Waals surface area contributed by atoms with E-state index in [4.69, 9.17) is 0 Å². The Kier molecular flexibility index (Phi) is 3.35. The molecule has 2 aromatic carbocycles. The van der Waals surface area contributed by atoms with Crippen LogP contribution in [0.5, 0.6) is 0 Å². The molecule has 3 rings (SSSR count). The minimum Gasteiger partial charge on any atom is -0.389 e. The quantitative estimate of drug-likeness (QED) is 0.884. The summed E-state index contributed by atoms with van der Waals surface area (Å²) >= 11 is 0. The number of benzene rings is 2. The van der Waals surface area contributed by atoms with Gasteiger partial charge >= 0.3 is 0 Å². The van der Waals surface area contributed by atoms with Crippen LogP contribution in [0.2, 0.25) is 0 Å². The van der Waals surface area contributed by atoms with Gasteiger partial charge in [-0.3, -0.25) is 0 Å². The molecule has 1 aliphatic carbocycles. The number of aryl methyl sites for hydroxylation is 2. The summed E-state index contributed by atoms with van der Waals surface area (Å²) in [6.45, 7) is 1.97. The lowest BCUT2D eigenvalue weighted by molar-refractivity contribution is 0.0265. The first-order valence-corrected chi connectivity index (χ1v) is 7.10. The van der Waals surface area contributed by atoms with Gasteiger partial charge in [0.2, 0.25) is 0 Å². The first-order valence-electron chi connectivity index (χ1n) is 7.10. The van der Waals surface area contributed by atoms with E-state index in [1.54, 1.807) is 12.1 Å². The highest BCUT2D eigenvalue weighted by atomic mass is 19.1. The highest BCUT2D eigenvalue weighted by Crippen LogP contribution is 2.32. The lowest BCUT2D eigenvalue weighted by Crippen LogP contribution is -2.38. The summed E-state index contributed by atoms with van der Waals surface area (Å²) in [5.41, 5.74) is 3.74. The average Bonchev–Trinajstić information content (AvgIpc) is 2.42. The molecule has 0 amide bonds. The number of hydrogen-bond acceptors (Lipinski definition) is 1. The van der Waals surface area contributed by atoms with Crippen molar-refractivity contribution < 1.29 is 9.50 Å². The third-order valence-electron chi connectivity index (χ3n) is 4.33. The van der Waals surface area contributed by atoms with Crippen molar-refractivity contribution in [2.24, 2.45) is 0 Å². The van der Waals surface area contributed by atoms with Crippen LogP contribution in [0.25, 0.3) is 0 Å². The van der Waals surface area contributed by atoms with Crippen molar-refractivity contribution in [2.75, 3.05) is 0 Å². The number of aliphatic hydroxyl groups is 1. The van der Waals surface area contributed by atoms with E-state index >= 15 is 0 Å². The van der Waals surface area contributed by atoms with Crippen molar-refractivity contribution in [1.82, 2.24) is 0 Å². The van der Waals surface area contributed by atoms with Gasteiger partial charge in [-0.1, -0.05) is 30.3 Å². The highest BCUT2D eigenvalue weighted by Gasteiger charge is 2.32. The van der Waals surface area contributed by atoms with Crippen molar-refractivity contribution in [1.29, 1.82) is 0 Å². The van der Waals surface area contributed by atoms with Crippen LogP contribution in [0.3, 0.4) is 0 Å². The maximum atomic E-state index is 13.4. The number of halogens is 1. The maximum absolute atomic E-state index is 13.4. The van der Waals surface area contributed by atoms with Crippen LogP contribution in [0.15, 0.2) is 42.5 Å². The van der Waals surface area contributed by atoms with Crippen molar-refractivity contribution in [2.45, 2.75) is 38.2 Å². The molecule has 0 aliphatic heterocycles. The normalized spacial score (nSPS) is 21.6. The summed E-state index contributed by atoms with van der Waals surface area (Å²) in [5, 5.41) is 10.9. The minimum absolute atomic E-state index is 0.231. The van der Waals surface area contributed by atoms with Crippen LogP contribution in [-0.4, -0.2) is 10.7 Å². The molecule has 0 heterocycles. The molecule has 0 fully saturated rings. The number of rotatable bonds is 2. The summed E-state index contributed by atoms with van der Waals surface area (Å²) < 4.78 is 13.4. The fraction of sp³-hybridized carbons (Fsp3) is 0.333. The largest absolute Gasteiger partial charge is 0.389 e. The van der Waals surface area contributed by atoms with Crippen molar-refractivity contribution >= 4 is 0 Å². The van der Waals surface area contributed by atoms with Gasteiger partial charge in [-0.2, -0.15) is 0 Å². The SMILES string of the molecule is Cc1ccc(F)cc1CC1(O)CCc2ccccc2C1. The van der Waals surface area contributed by atoms with Crippen molar-refractivity contribution in [3.05, 3.63) is 70.5 Å². The molecule has 2 heteroatoms. The zero-order valence-electron chi connectivity index (χ0n) is 11.7. The van der Waals surface area contributed by atoms with Gasteiger partial charge in [0.05, 0.1) is 5.60 Å². The van der Waals surface area contributed by atoms with Gasteiger partial charge in [-0.15, -0.1) is 0 Å². The Morgan fingerprint density at radius 3 is 2.70 bits per heavy atom. The summed E-state index contributed by atoms with van der Waals surface area (Å²) in [4.78, 5) is 0. The van der Waals surface area contributed by atoms with Crippen LogP contribution in [0.4, 0.5) is 4.39 Å². The summed E-state index contributed by atoms with van der Waals surface area (Å²) in [5.74, 6) is -0.231. The molecule has 0 aromatic heterocycles. The third-order valence-corrected chi connectivity index (χ3v) is 4.33. The van der Waals surface area contributed by atoms with E-state index in [-0.39, 0.29) is 5.82 Å². The van der Waals surface area contributed by atoms with Gasteiger partial charge in [0.1, 0.15) is 5.82 Å². The summed E-state index contributed by atoms with van der Waals surface area (Å²) in [7, 11) is 0. The predicted molar refractivity (Wildman–Crippen MR) is 78.3 cm³/mol. The first kappa shape index (κ1) is 13.3. The van der Waals surface area contributed by atoms with Crippen LogP contribution >= 0.6 is 0 Å². The van der Waals surface area contributed by atoms with Gasteiger partial charge in [-0.05, 0) is 54.2 Å². The lowest BCUT2D eigenvalue weighted by Gasteiger charge is -2.34. The van der Waals surface area contributed by atoms with E-state index in [2.05, 4.69) is 12.1 Å². The van der Waals surface area contributed by atoms with Gasteiger partial charge in [-0.25, -0.2) is 4.39 Å². The standard InChI is InChI=1S/C18H19FO/c1-13-6-7-17(19)10-16(13)12-18(20)9-8-14-4-2-3-5-15(14)11-18/h2-7,10,20H,8-9,11-12H2,1H3. The van der Waals surface area contributed by atoms with E-state index in [9.17, 15) is 9.50 Å². The molecule has 104 valence electrons. The Hall–Kier alpha value is -1.67. The second-order valence-electron chi connectivity index (χ2n) is 5.92.